The highest BCUT2D eigenvalue weighted by Gasteiger charge is 2.27. The summed E-state index contributed by atoms with van der Waals surface area (Å²) in [7, 11) is 1.35. The Labute approximate surface area is 208 Å². The largest absolute Gasteiger partial charge is 0.486 e. The summed E-state index contributed by atoms with van der Waals surface area (Å²) in [4.78, 5) is 30.3. The van der Waals surface area contributed by atoms with Crippen LogP contribution in [0.25, 0.3) is 10.9 Å². The number of hydrogen-bond acceptors (Lipinski definition) is 6. The number of carbonyl (C=O) groups excluding carboxylic acids is 1. The Kier molecular flexibility index (Phi) is 6.59. The number of aromatic nitrogens is 1. The molecule has 0 radical (unpaired) electrons. The molecule has 8 nitrogen and oxygen atoms in total. The lowest BCUT2D eigenvalue weighted by Crippen LogP contribution is -2.42. The number of anilines is 1. The van der Waals surface area contributed by atoms with Crippen LogP contribution in [0.1, 0.15) is 41.6 Å². The van der Waals surface area contributed by atoms with E-state index >= 15 is 0 Å². The van der Waals surface area contributed by atoms with E-state index in [0.717, 1.165) is 31.1 Å². The highest BCUT2D eigenvalue weighted by atomic mass is 32.1. The average molecular weight is 494 g/mol. The van der Waals surface area contributed by atoms with Gasteiger partial charge in [-0.25, -0.2) is 4.79 Å². The second-order valence-electron chi connectivity index (χ2n) is 8.74. The summed E-state index contributed by atoms with van der Waals surface area (Å²) >= 11 is 5.81. The lowest BCUT2D eigenvalue weighted by Gasteiger charge is -2.32. The van der Waals surface area contributed by atoms with E-state index in [0.29, 0.717) is 58.7 Å². The Bertz CT molecular complexity index is 1330. The number of nitrogens with zero attached hydrogens (tertiary/aromatic N) is 1. The Morgan fingerprint density at radius 3 is 2.60 bits per heavy atom. The van der Waals surface area contributed by atoms with Gasteiger partial charge in [0.1, 0.15) is 13.2 Å². The van der Waals surface area contributed by atoms with Gasteiger partial charge in [-0.3, -0.25) is 4.79 Å². The number of carbonyl (C=O) groups is 1. The van der Waals surface area contributed by atoms with E-state index in [9.17, 15) is 9.59 Å². The number of methoxy groups -OCH3 is 1. The number of nitrogens with one attached hydrogen (secondary N) is 2. The van der Waals surface area contributed by atoms with Gasteiger partial charge in [-0.15, -0.1) is 0 Å². The van der Waals surface area contributed by atoms with Gasteiger partial charge < -0.3 is 29.4 Å². The van der Waals surface area contributed by atoms with Gasteiger partial charge in [0.2, 0.25) is 0 Å². The molecule has 2 heterocycles. The van der Waals surface area contributed by atoms with Crippen molar-refractivity contribution in [3.05, 3.63) is 63.9 Å². The molecule has 1 aliphatic heterocycles. The van der Waals surface area contributed by atoms with Gasteiger partial charge in [-0.2, -0.15) is 0 Å². The first kappa shape index (κ1) is 23.2. The van der Waals surface area contributed by atoms with Crippen molar-refractivity contribution in [2.45, 2.75) is 38.3 Å². The van der Waals surface area contributed by atoms with Crippen LogP contribution in [-0.4, -0.2) is 47.3 Å². The number of para-hydroxylation sites is 1. The number of ether oxygens (including phenoxy) is 3. The van der Waals surface area contributed by atoms with Gasteiger partial charge in [0.25, 0.3) is 5.56 Å². The number of pyridine rings is 1. The molecule has 0 amide bonds. The summed E-state index contributed by atoms with van der Waals surface area (Å²) in [5.41, 5.74) is 2.10. The third-order valence-corrected chi connectivity index (χ3v) is 6.86. The Balaban J connectivity index is 1.45. The van der Waals surface area contributed by atoms with Crippen molar-refractivity contribution >= 4 is 39.9 Å². The number of H-pyrrole nitrogens is 1. The van der Waals surface area contributed by atoms with E-state index in [1.165, 1.54) is 7.11 Å². The molecule has 1 aliphatic carbocycles. The Morgan fingerprint density at radius 1 is 1.14 bits per heavy atom. The standard InChI is InChI=1S/C26H27N3O5S/c1-32-25(31)19-8-4-5-9-20(19)28-26(35)29(18-6-2-3-7-18)15-17-12-16-13-22-23(34-11-10-33-22)14-21(16)27-24(17)30/h4-5,8-9,12-14,18H,2-3,6-7,10-11,15H2,1H3,(H,27,30)(H,28,35). The average Bonchev–Trinajstić information content (AvgIpc) is 3.40. The molecule has 1 aromatic heterocycles. The second-order valence-corrected chi connectivity index (χ2v) is 9.13. The fourth-order valence-corrected chi connectivity index (χ4v) is 5.06. The minimum atomic E-state index is -0.441. The lowest BCUT2D eigenvalue weighted by molar-refractivity contribution is 0.0602. The summed E-state index contributed by atoms with van der Waals surface area (Å²) in [6.45, 7) is 1.33. The number of rotatable bonds is 5. The van der Waals surface area contributed by atoms with Crippen molar-refractivity contribution < 1.29 is 19.0 Å². The van der Waals surface area contributed by atoms with E-state index in [4.69, 9.17) is 26.4 Å². The summed E-state index contributed by atoms with van der Waals surface area (Å²) < 4.78 is 16.3. The van der Waals surface area contributed by atoms with Crippen molar-refractivity contribution in [2.75, 3.05) is 25.6 Å². The number of aromatic amines is 1. The minimum Gasteiger partial charge on any atom is -0.486 e. The van der Waals surface area contributed by atoms with Crippen LogP contribution in [0.15, 0.2) is 47.3 Å². The monoisotopic (exact) mass is 493 g/mol. The van der Waals surface area contributed by atoms with Crippen LogP contribution >= 0.6 is 12.2 Å². The third kappa shape index (κ3) is 4.81. The number of benzene rings is 2. The third-order valence-electron chi connectivity index (χ3n) is 6.52. The minimum absolute atomic E-state index is 0.171. The van der Waals surface area contributed by atoms with Gasteiger partial charge in [-0.05, 0) is 49.3 Å². The predicted molar refractivity (Wildman–Crippen MR) is 137 cm³/mol. The van der Waals surface area contributed by atoms with Crippen molar-refractivity contribution in [3.8, 4) is 11.5 Å². The second kappa shape index (κ2) is 9.95. The molecule has 2 aliphatic rings. The Hall–Kier alpha value is -3.59. The van der Waals surface area contributed by atoms with Crippen LogP contribution in [-0.2, 0) is 11.3 Å². The molecule has 1 fully saturated rings. The molecule has 35 heavy (non-hydrogen) atoms. The molecular formula is C26H27N3O5S. The van der Waals surface area contributed by atoms with Crippen molar-refractivity contribution in [1.82, 2.24) is 9.88 Å². The van der Waals surface area contributed by atoms with Gasteiger partial charge >= 0.3 is 5.97 Å². The van der Waals surface area contributed by atoms with Gasteiger partial charge in [0.15, 0.2) is 16.6 Å². The summed E-state index contributed by atoms with van der Waals surface area (Å²) in [5, 5.41) is 4.56. The maximum atomic E-state index is 13.0. The fraction of sp³-hybridized carbons (Fsp3) is 0.346. The zero-order valence-corrected chi connectivity index (χ0v) is 20.3. The van der Waals surface area contributed by atoms with Crippen LogP contribution in [0.2, 0.25) is 0 Å². The van der Waals surface area contributed by atoms with E-state index in [1.807, 2.05) is 18.2 Å². The van der Waals surface area contributed by atoms with Crippen LogP contribution in [0, 0.1) is 0 Å². The molecular weight excluding hydrogens is 466 g/mol. The number of thiocarbonyl (C=S) groups is 1. The Morgan fingerprint density at radius 2 is 1.86 bits per heavy atom. The molecule has 0 saturated heterocycles. The molecule has 0 unspecified atom stereocenters. The van der Waals surface area contributed by atoms with E-state index < -0.39 is 5.97 Å². The van der Waals surface area contributed by atoms with Crippen LogP contribution in [0.4, 0.5) is 5.69 Å². The van der Waals surface area contributed by atoms with Crippen LogP contribution < -0.4 is 20.3 Å². The van der Waals surface area contributed by atoms with Gasteiger partial charge in [0, 0.05) is 23.1 Å². The normalized spacial score (nSPS) is 15.1. The van der Waals surface area contributed by atoms with Gasteiger partial charge in [0.05, 0.1) is 30.4 Å². The topological polar surface area (TPSA) is 92.9 Å². The summed E-state index contributed by atoms with van der Waals surface area (Å²) in [6.07, 6.45) is 4.20. The van der Waals surface area contributed by atoms with Crippen LogP contribution in [0.3, 0.4) is 0 Å². The first-order chi connectivity index (χ1) is 17.0. The molecule has 182 valence electrons. The lowest BCUT2D eigenvalue weighted by atomic mass is 10.1. The molecule has 5 rings (SSSR count). The molecule has 1 saturated carbocycles. The SMILES string of the molecule is COC(=O)c1ccccc1NC(=S)N(Cc1cc2cc3c(cc2[nH]c1=O)OCCO3)C1CCCC1. The number of fused-ring (bicyclic) bond motifs is 2. The number of esters is 1. The zero-order valence-electron chi connectivity index (χ0n) is 19.5. The highest BCUT2D eigenvalue weighted by Crippen LogP contribution is 2.34. The van der Waals surface area contributed by atoms with Crippen molar-refractivity contribution in [2.24, 2.45) is 0 Å². The van der Waals surface area contributed by atoms with E-state index in [2.05, 4.69) is 15.2 Å². The van der Waals surface area contributed by atoms with Crippen molar-refractivity contribution in [3.63, 3.8) is 0 Å². The first-order valence-corrected chi connectivity index (χ1v) is 12.1. The molecule has 0 spiro atoms. The molecule has 9 heteroatoms. The molecule has 0 bridgehead atoms. The predicted octanol–water partition coefficient (Wildman–Crippen LogP) is 4.23. The van der Waals surface area contributed by atoms with E-state index in [1.54, 1.807) is 24.3 Å². The highest BCUT2D eigenvalue weighted by molar-refractivity contribution is 7.80. The molecule has 0 atom stereocenters. The fourth-order valence-electron chi connectivity index (χ4n) is 4.74. The first-order valence-electron chi connectivity index (χ1n) is 11.7. The maximum Gasteiger partial charge on any atom is 0.339 e. The maximum absolute atomic E-state index is 13.0. The summed E-state index contributed by atoms with van der Waals surface area (Å²) in [5.74, 6) is 0.865. The molecule has 2 aromatic carbocycles. The molecule has 2 N–H and O–H groups in total. The van der Waals surface area contributed by atoms with Crippen LogP contribution in [0.5, 0.6) is 11.5 Å². The van der Waals surface area contributed by atoms with Gasteiger partial charge in [-0.1, -0.05) is 25.0 Å². The van der Waals surface area contributed by atoms with Crippen molar-refractivity contribution in [1.29, 1.82) is 0 Å². The quantitative estimate of drug-likeness (QED) is 0.403. The smallest absolute Gasteiger partial charge is 0.339 e. The molecule has 3 aromatic rings. The number of hydrogen-bond donors (Lipinski definition) is 2. The summed E-state index contributed by atoms with van der Waals surface area (Å²) in [6, 6.07) is 12.9. The zero-order chi connectivity index (χ0) is 24.4. The van der Waals surface area contributed by atoms with E-state index in [-0.39, 0.29) is 11.6 Å².